The van der Waals surface area contributed by atoms with Gasteiger partial charge in [-0.2, -0.15) is 0 Å². The third-order valence-electron chi connectivity index (χ3n) is 2.62. The van der Waals surface area contributed by atoms with Crippen molar-refractivity contribution >= 4 is 0 Å². The first-order chi connectivity index (χ1) is 7.97. The van der Waals surface area contributed by atoms with Gasteiger partial charge >= 0.3 is 0 Å². The summed E-state index contributed by atoms with van der Waals surface area (Å²) in [6.07, 6.45) is 1.78. The third-order valence-corrected chi connectivity index (χ3v) is 2.62. The second-order valence-corrected chi connectivity index (χ2v) is 5.06. The maximum atomic E-state index is 9.36. The minimum atomic E-state index is 0.0189. The summed E-state index contributed by atoms with van der Waals surface area (Å²) in [5.74, 6) is 0.0189. The zero-order chi connectivity index (χ0) is 12.5. The lowest BCUT2D eigenvalue weighted by molar-refractivity contribution is 0.454. The van der Waals surface area contributed by atoms with E-state index in [9.17, 15) is 5.11 Å². The van der Waals surface area contributed by atoms with E-state index in [4.69, 9.17) is 0 Å². The van der Waals surface area contributed by atoms with Gasteiger partial charge in [0.15, 0.2) is 0 Å². The lowest BCUT2D eigenvalue weighted by Gasteiger charge is -2.19. The molecule has 2 rings (SSSR count). The molecular weight excluding hydrogens is 212 g/mol. The Balaban J connectivity index is 2.47. The van der Waals surface area contributed by atoms with Crippen molar-refractivity contribution in [3.8, 4) is 17.3 Å². The van der Waals surface area contributed by atoms with Gasteiger partial charge in [0, 0.05) is 12.3 Å². The molecule has 0 spiro atoms. The van der Waals surface area contributed by atoms with Crippen molar-refractivity contribution in [1.29, 1.82) is 0 Å². The number of pyridine rings is 2. The smallest absolute Gasteiger partial charge is 0.211 e. The van der Waals surface area contributed by atoms with Crippen LogP contribution in [0.1, 0.15) is 26.3 Å². The van der Waals surface area contributed by atoms with Crippen molar-refractivity contribution in [3.63, 3.8) is 0 Å². The number of hydrogen-bond donors (Lipinski definition) is 1. The molecule has 0 aromatic carbocycles. The molecule has 0 saturated heterocycles. The molecule has 0 fully saturated rings. The van der Waals surface area contributed by atoms with Gasteiger partial charge < -0.3 is 5.11 Å². The van der Waals surface area contributed by atoms with Crippen LogP contribution >= 0.6 is 0 Å². The predicted octanol–water partition coefficient (Wildman–Crippen LogP) is 3.15. The van der Waals surface area contributed by atoms with Crippen molar-refractivity contribution in [2.24, 2.45) is 0 Å². The van der Waals surface area contributed by atoms with Crippen LogP contribution in [-0.4, -0.2) is 15.1 Å². The summed E-state index contributed by atoms with van der Waals surface area (Å²) in [5.41, 5.74) is 2.76. The standard InChI is InChI=1S/C14H16N2O/c1-14(2,3)10-7-8-15-12(9-10)11-5-4-6-13(17)16-11/h4-9H,1-3H3,(H,16,17). The van der Waals surface area contributed by atoms with Gasteiger partial charge in [0.25, 0.3) is 0 Å². The summed E-state index contributed by atoms with van der Waals surface area (Å²) in [5, 5.41) is 9.36. The molecule has 0 saturated carbocycles. The number of aromatic hydroxyl groups is 1. The Morgan fingerprint density at radius 1 is 1.06 bits per heavy atom. The van der Waals surface area contributed by atoms with E-state index in [0.29, 0.717) is 5.69 Å². The lowest BCUT2D eigenvalue weighted by atomic mass is 9.87. The molecule has 88 valence electrons. The molecule has 3 heteroatoms. The van der Waals surface area contributed by atoms with Gasteiger partial charge in [-0.05, 0) is 29.2 Å². The van der Waals surface area contributed by atoms with E-state index < -0.39 is 0 Å². The molecule has 0 atom stereocenters. The normalized spacial score (nSPS) is 11.5. The van der Waals surface area contributed by atoms with Gasteiger partial charge in [-0.1, -0.05) is 26.8 Å². The topological polar surface area (TPSA) is 46.0 Å². The quantitative estimate of drug-likeness (QED) is 0.815. The SMILES string of the molecule is CC(C)(C)c1ccnc(-c2cccc(O)n2)c1. The summed E-state index contributed by atoms with van der Waals surface area (Å²) < 4.78 is 0. The Kier molecular flexibility index (Phi) is 2.84. The Hall–Kier alpha value is -1.90. The highest BCUT2D eigenvalue weighted by molar-refractivity contribution is 5.56. The number of nitrogens with zero attached hydrogens (tertiary/aromatic N) is 2. The Bertz CT molecular complexity index is 530. The Morgan fingerprint density at radius 3 is 2.47 bits per heavy atom. The van der Waals surface area contributed by atoms with Crippen molar-refractivity contribution in [2.45, 2.75) is 26.2 Å². The van der Waals surface area contributed by atoms with E-state index in [1.807, 2.05) is 18.2 Å². The molecule has 17 heavy (non-hydrogen) atoms. The van der Waals surface area contributed by atoms with Gasteiger partial charge in [-0.25, -0.2) is 4.98 Å². The van der Waals surface area contributed by atoms with Crippen LogP contribution in [0.4, 0.5) is 0 Å². The molecule has 0 amide bonds. The van der Waals surface area contributed by atoms with E-state index in [1.54, 1.807) is 18.3 Å². The van der Waals surface area contributed by atoms with Gasteiger partial charge in [0.2, 0.25) is 5.88 Å². The van der Waals surface area contributed by atoms with Gasteiger partial charge in [-0.15, -0.1) is 0 Å². The fraction of sp³-hybridized carbons (Fsp3) is 0.286. The molecule has 3 nitrogen and oxygen atoms in total. The second kappa shape index (κ2) is 4.17. The fourth-order valence-electron chi connectivity index (χ4n) is 1.60. The van der Waals surface area contributed by atoms with Crippen LogP contribution < -0.4 is 0 Å². The van der Waals surface area contributed by atoms with Crippen molar-refractivity contribution in [1.82, 2.24) is 9.97 Å². The van der Waals surface area contributed by atoms with E-state index in [0.717, 1.165) is 5.69 Å². The summed E-state index contributed by atoms with van der Waals surface area (Å²) in [4.78, 5) is 8.35. The van der Waals surface area contributed by atoms with Crippen LogP contribution in [-0.2, 0) is 5.41 Å². The van der Waals surface area contributed by atoms with Crippen molar-refractivity contribution in [2.75, 3.05) is 0 Å². The van der Waals surface area contributed by atoms with Crippen LogP contribution in [0.15, 0.2) is 36.5 Å². The molecule has 0 aliphatic rings. The van der Waals surface area contributed by atoms with E-state index in [-0.39, 0.29) is 11.3 Å². The average molecular weight is 228 g/mol. The first-order valence-electron chi connectivity index (χ1n) is 5.60. The number of aromatic nitrogens is 2. The van der Waals surface area contributed by atoms with E-state index >= 15 is 0 Å². The predicted molar refractivity (Wildman–Crippen MR) is 67.8 cm³/mol. The maximum Gasteiger partial charge on any atom is 0.211 e. The number of rotatable bonds is 1. The molecule has 0 aliphatic heterocycles. The lowest BCUT2D eigenvalue weighted by Crippen LogP contribution is -2.11. The highest BCUT2D eigenvalue weighted by atomic mass is 16.3. The van der Waals surface area contributed by atoms with Crippen molar-refractivity contribution < 1.29 is 5.11 Å². The molecule has 0 bridgehead atoms. The van der Waals surface area contributed by atoms with E-state index in [2.05, 4.69) is 30.7 Å². The molecule has 1 N–H and O–H groups in total. The molecule has 2 aromatic heterocycles. The highest BCUT2D eigenvalue weighted by Gasteiger charge is 2.14. The minimum Gasteiger partial charge on any atom is -0.493 e. The third kappa shape index (κ3) is 2.61. The van der Waals surface area contributed by atoms with Crippen LogP contribution in [0.3, 0.4) is 0 Å². The number of hydrogen-bond acceptors (Lipinski definition) is 3. The van der Waals surface area contributed by atoms with Gasteiger partial charge in [-0.3, -0.25) is 4.98 Å². The van der Waals surface area contributed by atoms with Gasteiger partial charge in [0.05, 0.1) is 11.4 Å². The molecule has 2 aromatic rings. The largest absolute Gasteiger partial charge is 0.493 e. The maximum absolute atomic E-state index is 9.36. The van der Waals surface area contributed by atoms with Crippen LogP contribution in [0.25, 0.3) is 11.4 Å². The first-order valence-corrected chi connectivity index (χ1v) is 5.60. The molecule has 2 heterocycles. The second-order valence-electron chi connectivity index (χ2n) is 5.06. The monoisotopic (exact) mass is 228 g/mol. The fourth-order valence-corrected chi connectivity index (χ4v) is 1.60. The zero-order valence-corrected chi connectivity index (χ0v) is 10.3. The molecule has 0 unspecified atom stereocenters. The summed E-state index contributed by atoms with van der Waals surface area (Å²) in [7, 11) is 0. The Morgan fingerprint density at radius 2 is 1.82 bits per heavy atom. The van der Waals surface area contributed by atoms with Crippen LogP contribution in [0.5, 0.6) is 5.88 Å². The van der Waals surface area contributed by atoms with Gasteiger partial charge in [0.1, 0.15) is 0 Å². The highest BCUT2D eigenvalue weighted by Crippen LogP contribution is 2.25. The van der Waals surface area contributed by atoms with Crippen molar-refractivity contribution in [3.05, 3.63) is 42.1 Å². The summed E-state index contributed by atoms with van der Waals surface area (Å²) in [6.45, 7) is 6.46. The summed E-state index contributed by atoms with van der Waals surface area (Å²) in [6, 6.07) is 9.18. The Labute approximate surface area is 101 Å². The zero-order valence-electron chi connectivity index (χ0n) is 10.3. The molecular formula is C14H16N2O. The molecule has 0 radical (unpaired) electrons. The van der Waals surface area contributed by atoms with E-state index in [1.165, 1.54) is 5.56 Å². The first kappa shape index (κ1) is 11.6. The summed E-state index contributed by atoms with van der Waals surface area (Å²) >= 11 is 0. The van der Waals surface area contributed by atoms with Crippen LogP contribution in [0.2, 0.25) is 0 Å². The average Bonchev–Trinajstić information content (AvgIpc) is 2.28. The molecule has 0 aliphatic carbocycles. The minimum absolute atomic E-state index is 0.0189. The van der Waals surface area contributed by atoms with Crippen LogP contribution in [0, 0.1) is 0 Å².